The van der Waals surface area contributed by atoms with E-state index in [1.165, 1.54) is 0 Å². The van der Waals surface area contributed by atoms with E-state index in [-0.39, 0.29) is 31.6 Å². The third-order valence-electron chi connectivity index (χ3n) is 4.85. The van der Waals surface area contributed by atoms with Crippen LogP contribution in [0.4, 0.5) is 9.59 Å². The standard InChI is InChI=1S/C22H33N3O6/c1-22(2,3)31-21(29)25-18-13-16(19(27)23-11-12-26)9-10-17(18)24-20(28)30-14-15-7-5-4-6-8-15/h4-8,16-18,26H,9-14H2,1-3H3,(H,23,27)(H,24,28)(H,25,29)/t16-,17-,18+/m0/s1. The van der Waals surface area contributed by atoms with Crippen molar-refractivity contribution in [2.75, 3.05) is 13.2 Å². The van der Waals surface area contributed by atoms with E-state index < -0.39 is 29.9 Å². The molecule has 0 unspecified atom stereocenters. The fourth-order valence-corrected chi connectivity index (χ4v) is 3.44. The van der Waals surface area contributed by atoms with Gasteiger partial charge in [-0.2, -0.15) is 0 Å². The Balaban J connectivity index is 1.98. The van der Waals surface area contributed by atoms with Gasteiger partial charge in [0.1, 0.15) is 12.2 Å². The molecule has 0 spiro atoms. The number of aliphatic hydroxyl groups excluding tert-OH is 1. The minimum absolute atomic E-state index is 0.135. The quantitative estimate of drug-likeness (QED) is 0.520. The van der Waals surface area contributed by atoms with Crippen molar-refractivity contribution in [1.29, 1.82) is 0 Å². The van der Waals surface area contributed by atoms with E-state index in [0.29, 0.717) is 19.3 Å². The van der Waals surface area contributed by atoms with E-state index >= 15 is 0 Å². The highest BCUT2D eigenvalue weighted by Crippen LogP contribution is 2.26. The van der Waals surface area contributed by atoms with Gasteiger partial charge in [-0.15, -0.1) is 0 Å². The second-order valence-corrected chi connectivity index (χ2v) is 8.59. The Bertz CT molecular complexity index is 735. The summed E-state index contributed by atoms with van der Waals surface area (Å²) < 4.78 is 10.6. The van der Waals surface area contributed by atoms with E-state index in [2.05, 4.69) is 16.0 Å². The highest BCUT2D eigenvalue weighted by atomic mass is 16.6. The van der Waals surface area contributed by atoms with Gasteiger partial charge in [-0.1, -0.05) is 30.3 Å². The van der Waals surface area contributed by atoms with Crippen LogP contribution in [0.2, 0.25) is 0 Å². The molecule has 31 heavy (non-hydrogen) atoms. The molecule has 0 bridgehead atoms. The maximum absolute atomic E-state index is 12.3. The molecule has 3 atom stereocenters. The van der Waals surface area contributed by atoms with E-state index in [4.69, 9.17) is 14.6 Å². The fraction of sp³-hybridized carbons (Fsp3) is 0.591. The summed E-state index contributed by atoms with van der Waals surface area (Å²) in [5.74, 6) is -0.528. The van der Waals surface area contributed by atoms with Crippen molar-refractivity contribution >= 4 is 18.1 Å². The molecule has 172 valence electrons. The molecule has 0 aliphatic heterocycles. The number of carbonyl (C=O) groups excluding carboxylic acids is 3. The first-order valence-corrected chi connectivity index (χ1v) is 10.5. The molecule has 4 N–H and O–H groups in total. The topological polar surface area (TPSA) is 126 Å². The lowest BCUT2D eigenvalue weighted by Crippen LogP contribution is -2.56. The number of nitrogens with one attached hydrogen (secondary N) is 3. The highest BCUT2D eigenvalue weighted by Gasteiger charge is 2.36. The second-order valence-electron chi connectivity index (χ2n) is 8.59. The largest absolute Gasteiger partial charge is 0.445 e. The maximum Gasteiger partial charge on any atom is 0.407 e. The summed E-state index contributed by atoms with van der Waals surface area (Å²) in [5.41, 5.74) is 0.194. The van der Waals surface area contributed by atoms with Crippen LogP contribution in [-0.4, -0.2) is 54.0 Å². The molecule has 1 aromatic carbocycles. The molecular weight excluding hydrogens is 402 g/mol. The van der Waals surface area contributed by atoms with Crippen molar-refractivity contribution in [1.82, 2.24) is 16.0 Å². The Hall–Kier alpha value is -2.81. The summed E-state index contributed by atoms with van der Waals surface area (Å²) in [6.45, 7) is 5.44. The second kappa shape index (κ2) is 11.5. The van der Waals surface area contributed by atoms with Crippen molar-refractivity contribution in [3.05, 3.63) is 35.9 Å². The molecular formula is C22H33N3O6. The van der Waals surface area contributed by atoms with Gasteiger partial charge in [-0.3, -0.25) is 4.79 Å². The molecule has 3 amide bonds. The van der Waals surface area contributed by atoms with Gasteiger partial charge in [0.05, 0.1) is 18.7 Å². The number of rotatable bonds is 7. The van der Waals surface area contributed by atoms with Gasteiger partial charge in [-0.25, -0.2) is 9.59 Å². The van der Waals surface area contributed by atoms with E-state index in [9.17, 15) is 14.4 Å². The summed E-state index contributed by atoms with van der Waals surface area (Å²) in [6.07, 6.45) is 0.150. The molecule has 9 nitrogen and oxygen atoms in total. The predicted octanol–water partition coefficient (Wildman–Crippen LogP) is 2.08. The van der Waals surface area contributed by atoms with Gasteiger partial charge in [0.2, 0.25) is 5.91 Å². The monoisotopic (exact) mass is 435 g/mol. The highest BCUT2D eigenvalue weighted by molar-refractivity contribution is 5.79. The lowest BCUT2D eigenvalue weighted by molar-refractivity contribution is -0.126. The van der Waals surface area contributed by atoms with Crippen LogP contribution in [0.15, 0.2) is 30.3 Å². The number of carbonyl (C=O) groups is 3. The number of amides is 3. The summed E-state index contributed by atoms with van der Waals surface area (Å²) in [5, 5.41) is 17.2. The molecule has 1 saturated carbocycles. The number of ether oxygens (including phenoxy) is 2. The smallest absolute Gasteiger partial charge is 0.407 e. The van der Waals surface area contributed by atoms with E-state index in [0.717, 1.165) is 5.56 Å². The Labute approximate surface area is 182 Å². The minimum atomic E-state index is -0.672. The van der Waals surface area contributed by atoms with E-state index in [1.54, 1.807) is 20.8 Å². The third kappa shape index (κ3) is 8.84. The molecule has 1 aromatic rings. The molecule has 0 saturated heterocycles. The van der Waals surface area contributed by atoms with Crippen LogP contribution in [0.1, 0.15) is 45.6 Å². The van der Waals surface area contributed by atoms with Gasteiger partial charge >= 0.3 is 12.2 Å². The van der Waals surface area contributed by atoms with Crippen LogP contribution in [0.3, 0.4) is 0 Å². The lowest BCUT2D eigenvalue weighted by Gasteiger charge is -2.36. The van der Waals surface area contributed by atoms with Crippen molar-refractivity contribution in [3.63, 3.8) is 0 Å². The maximum atomic E-state index is 12.3. The average Bonchev–Trinajstić information content (AvgIpc) is 2.71. The van der Waals surface area contributed by atoms with Crippen LogP contribution in [-0.2, 0) is 20.9 Å². The number of benzene rings is 1. The first-order chi connectivity index (χ1) is 14.7. The first kappa shape index (κ1) is 24.5. The van der Waals surface area contributed by atoms with Gasteiger partial charge in [0.15, 0.2) is 0 Å². The molecule has 2 rings (SSSR count). The van der Waals surface area contributed by atoms with Gasteiger partial charge in [-0.05, 0) is 45.6 Å². The van der Waals surface area contributed by atoms with E-state index in [1.807, 2.05) is 30.3 Å². The SMILES string of the molecule is CC(C)(C)OC(=O)N[C@@H]1C[C@@H](C(=O)NCCO)CC[C@@H]1NC(=O)OCc1ccccc1. The molecule has 1 aliphatic carbocycles. The van der Waals surface area contributed by atoms with Gasteiger partial charge in [0.25, 0.3) is 0 Å². The molecule has 0 heterocycles. The Kier molecular flexibility index (Phi) is 9.11. The molecule has 0 radical (unpaired) electrons. The van der Waals surface area contributed by atoms with Crippen LogP contribution >= 0.6 is 0 Å². The van der Waals surface area contributed by atoms with Crippen LogP contribution in [0.25, 0.3) is 0 Å². The van der Waals surface area contributed by atoms with Crippen LogP contribution in [0, 0.1) is 5.92 Å². The van der Waals surface area contributed by atoms with Crippen molar-refractivity contribution in [3.8, 4) is 0 Å². The Morgan fingerprint density at radius 3 is 2.35 bits per heavy atom. The number of aliphatic hydroxyl groups is 1. The van der Waals surface area contributed by atoms with Crippen molar-refractivity contribution in [2.24, 2.45) is 5.92 Å². The Morgan fingerprint density at radius 2 is 1.71 bits per heavy atom. The summed E-state index contributed by atoms with van der Waals surface area (Å²) in [7, 11) is 0. The van der Waals surface area contributed by atoms with Crippen molar-refractivity contribution in [2.45, 2.75) is 64.3 Å². The predicted molar refractivity (Wildman–Crippen MR) is 114 cm³/mol. The first-order valence-electron chi connectivity index (χ1n) is 10.5. The average molecular weight is 436 g/mol. The molecule has 1 fully saturated rings. The lowest BCUT2D eigenvalue weighted by atomic mass is 9.81. The van der Waals surface area contributed by atoms with Crippen LogP contribution < -0.4 is 16.0 Å². The number of hydrogen-bond donors (Lipinski definition) is 4. The summed E-state index contributed by atoms with van der Waals surface area (Å²) in [6, 6.07) is 8.41. The third-order valence-corrected chi connectivity index (χ3v) is 4.85. The van der Waals surface area contributed by atoms with Crippen molar-refractivity contribution < 1.29 is 29.0 Å². The zero-order valence-corrected chi connectivity index (χ0v) is 18.3. The fourth-order valence-electron chi connectivity index (χ4n) is 3.44. The van der Waals surface area contributed by atoms with Crippen LogP contribution in [0.5, 0.6) is 0 Å². The molecule has 9 heteroatoms. The Morgan fingerprint density at radius 1 is 1.03 bits per heavy atom. The zero-order valence-electron chi connectivity index (χ0n) is 18.3. The normalized spacial score (nSPS) is 21.0. The summed E-state index contributed by atoms with van der Waals surface area (Å²) >= 11 is 0. The van der Waals surface area contributed by atoms with Gasteiger partial charge in [0, 0.05) is 12.5 Å². The van der Waals surface area contributed by atoms with Gasteiger partial charge < -0.3 is 30.5 Å². The molecule has 0 aromatic heterocycles. The summed E-state index contributed by atoms with van der Waals surface area (Å²) in [4.78, 5) is 37.0. The minimum Gasteiger partial charge on any atom is -0.445 e. The molecule has 1 aliphatic rings. The number of hydrogen-bond acceptors (Lipinski definition) is 6. The number of alkyl carbamates (subject to hydrolysis) is 2. The zero-order chi connectivity index (χ0) is 22.9.